The molecule has 0 aromatic rings. The van der Waals surface area contributed by atoms with E-state index in [4.69, 9.17) is 57.1 Å². The number of amides is 1. The summed E-state index contributed by atoms with van der Waals surface area (Å²) >= 11 is 0. The van der Waals surface area contributed by atoms with E-state index in [9.17, 15) is 30.3 Å². The van der Waals surface area contributed by atoms with Crippen molar-refractivity contribution in [3.63, 3.8) is 0 Å². The average molecular weight is 653 g/mol. The number of hydrogen-bond donors (Lipinski definition) is 11. The standard InChI is InChI=1S/C27H52N6O12/c1-2-3-10-4-13(31)25(42-16(10)8-34)43-22-12(30)5-11(29)18(36)24(22)45-27-21(39)23(15(41-27)7-33-9-35)44-26-17(32)20(38)19(37)14(6-28)40-26/h9-27,34,36-39H,2-8,28-32H2,1H3,(H,33,35)/t10-,11+,12?,13-,14?,15+,16?,17?,18?,19+,20?,21?,22+,23-,24+,25+,26+,27-/m0/s1. The first-order valence-electron chi connectivity index (χ1n) is 15.6. The third-order valence-corrected chi connectivity index (χ3v) is 9.21. The Labute approximate surface area is 261 Å². The summed E-state index contributed by atoms with van der Waals surface area (Å²) in [5.41, 5.74) is 30.7. The van der Waals surface area contributed by atoms with Crippen molar-refractivity contribution in [3.8, 4) is 0 Å². The molecule has 4 rings (SSSR count). The lowest BCUT2D eigenvalue weighted by atomic mass is 9.84. The Morgan fingerprint density at radius 1 is 0.756 bits per heavy atom. The maximum Gasteiger partial charge on any atom is 0.207 e. The number of hydrogen-bond acceptors (Lipinski definition) is 17. The van der Waals surface area contributed by atoms with E-state index in [0.717, 1.165) is 12.8 Å². The number of ether oxygens (including phenoxy) is 6. The molecule has 3 aliphatic heterocycles. The van der Waals surface area contributed by atoms with Crippen LogP contribution in [0.2, 0.25) is 0 Å². The van der Waals surface area contributed by atoms with Gasteiger partial charge >= 0.3 is 0 Å². The zero-order valence-corrected chi connectivity index (χ0v) is 25.4. The lowest BCUT2D eigenvalue weighted by Gasteiger charge is -2.46. The molecule has 1 amide bonds. The van der Waals surface area contributed by atoms with Crippen LogP contribution >= 0.6 is 0 Å². The number of nitrogens with one attached hydrogen (secondary N) is 1. The van der Waals surface area contributed by atoms with E-state index in [1.807, 2.05) is 6.92 Å². The summed E-state index contributed by atoms with van der Waals surface area (Å²) in [5, 5.41) is 55.5. The van der Waals surface area contributed by atoms with E-state index >= 15 is 0 Å². The highest BCUT2D eigenvalue weighted by Gasteiger charge is 2.54. The van der Waals surface area contributed by atoms with Crippen LogP contribution in [0.15, 0.2) is 0 Å². The van der Waals surface area contributed by atoms with Gasteiger partial charge in [0.2, 0.25) is 6.41 Å². The number of carbonyl (C=O) groups is 1. The van der Waals surface area contributed by atoms with Crippen molar-refractivity contribution in [2.24, 2.45) is 34.6 Å². The van der Waals surface area contributed by atoms with E-state index in [2.05, 4.69) is 5.32 Å². The van der Waals surface area contributed by atoms with Gasteiger partial charge in [-0.15, -0.1) is 0 Å². The smallest absolute Gasteiger partial charge is 0.207 e. The fourth-order valence-corrected chi connectivity index (χ4v) is 6.65. The van der Waals surface area contributed by atoms with Gasteiger partial charge in [-0.2, -0.15) is 0 Å². The van der Waals surface area contributed by atoms with Crippen molar-refractivity contribution in [1.29, 1.82) is 0 Å². The number of carbonyl (C=O) groups excluding carboxylic acids is 1. The number of nitrogens with two attached hydrogens (primary N) is 5. The topological polar surface area (TPSA) is 316 Å². The minimum Gasteiger partial charge on any atom is -0.394 e. The first-order valence-corrected chi connectivity index (χ1v) is 15.6. The molecule has 18 nitrogen and oxygen atoms in total. The third-order valence-electron chi connectivity index (χ3n) is 9.21. The number of aliphatic hydroxyl groups excluding tert-OH is 5. The molecule has 0 radical (unpaired) electrons. The fraction of sp³-hybridized carbons (Fsp3) is 0.963. The van der Waals surface area contributed by atoms with Gasteiger partial charge < -0.3 is 87.9 Å². The van der Waals surface area contributed by atoms with Crippen LogP contribution in [0.25, 0.3) is 0 Å². The molecule has 262 valence electrons. The summed E-state index contributed by atoms with van der Waals surface area (Å²) in [5.74, 6) is 0.0441. The second kappa shape index (κ2) is 16.3. The Kier molecular flexibility index (Phi) is 13.3. The van der Waals surface area contributed by atoms with Crippen LogP contribution in [0.3, 0.4) is 0 Å². The molecular weight excluding hydrogens is 600 g/mol. The average Bonchev–Trinajstić information content (AvgIpc) is 3.30. The first kappa shape index (κ1) is 36.7. The summed E-state index contributed by atoms with van der Waals surface area (Å²) in [6.45, 7) is 1.53. The molecule has 4 fully saturated rings. The Hall–Kier alpha value is -1.17. The van der Waals surface area contributed by atoms with Crippen LogP contribution in [0.4, 0.5) is 0 Å². The van der Waals surface area contributed by atoms with Gasteiger partial charge in [0, 0.05) is 25.2 Å². The molecule has 45 heavy (non-hydrogen) atoms. The van der Waals surface area contributed by atoms with Gasteiger partial charge in [0.15, 0.2) is 18.9 Å². The zero-order chi connectivity index (χ0) is 33.0. The van der Waals surface area contributed by atoms with Crippen molar-refractivity contribution >= 4 is 6.41 Å². The molecule has 0 aromatic carbocycles. The largest absolute Gasteiger partial charge is 0.394 e. The molecule has 16 N–H and O–H groups in total. The van der Waals surface area contributed by atoms with E-state index in [1.165, 1.54) is 0 Å². The SMILES string of the molecule is CCC[C@H]1C[C@H](N)[C@@H](O[C@@H]2C(N)C[C@@H](N)C(O)[C@H]2O[C@@H]2O[C@H](CNC=O)[C@H](O[C@H]3OC(CN)[C@@H](O)C(O)C3N)C2O)OC1CO. The van der Waals surface area contributed by atoms with Crippen LogP contribution in [-0.2, 0) is 33.2 Å². The van der Waals surface area contributed by atoms with E-state index in [-0.39, 0.29) is 32.0 Å². The summed E-state index contributed by atoms with van der Waals surface area (Å²) < 4.78 is 36.0. The van der Waals surface area contributed by atoms with Crippen LogP contribution in [0.1, 0.15) is 32.6 Å². The second-order valence-corrected chi connectivity index (χ2v) is 12.4. The Morgan fingerprint density at radius 2 is 1.40 bits per heavy atom. The van der Waals surface area contributed by atoms with Crippen molar-refractivity contribution in [2.75, 3.05) is 19.7 Å². The van der Waals surface area contributed by atoms with E-state index < -0.39 is 104 Å². The predicted octanol–water partition coefficient (Wildman–Crippen LogP) is -6.02. The molecule has 3 heterocycles. The maximum atomic E-state index is 11.3. The highest BCUT2D eigenvalue weighted by Crippen LogP contribution is 2.35. The third kappa shape index (κ3) is 8.11. The molecule has 7 unspecified atom stereocenters. The maximum absolute atomic E-state index is 11.3. The molecule has 18 atom stereocenters. The Bertz CT molecular complexity index is 929. The fourth-order valence-electron chi connectivity index (χ4n) is 6.65. The highest BCUT2D eigenvalue weighted by atomic mass is 16.8. The number of rotatable bonds is 13. The molecule has 0 spiro atoms. The molecule has 1 aliphatic carbocycles. The highest BCUT2D eigenvalue weighted by molar-refractivity contribution is 5.45. The van der Waals surface area contributed by atoms with Crippen LogP contribution in [0.5, 0.6) is 0 Å². The molecule has 1 saturated carbocycles. The van der Waals surface area contributed by atoms with Gasteiger partial charge in [0.1, 0.15) is 48.8 Å². The molecular formula is C27H52N6O12. The molecule has 4 aliphatic rings. The normalized spacial score (nSPS) is 49.1. The van der Waals surface area contributed by atoms with Crippen molar-refractivity contribution in [3.05, 3.63) is 0 Å². The molecule has 0 aromatic heterocycles. The second-order valence-electron chi connectivity index (χ2n) is 12.4. The lowest BCUT2D eigenvalue weighted by molar-refractivity contribution is -0.295. The van der Waals surface area contributed by atoms with Gasteiger partial charge in [-0.05, 0) is 25.2 Å². The first-order chi connectivity index (χ1) is 21.4. The van der Waals surface area contributed by atoms with Gasteiger partial charge in [0.25, 0.3) is 0 Å². The lowest BCUT2D eigenvalue weighted by Crippen LogP contribution is -2.66. The van der Waals surface area contributed by atoms with Crippen LogP contribution in [0, 0.1) is 5.92 Å². The Morgan fingerprint density at radius 3 is 2.04 bits per heavy atom. The Balaban J connectivity index is 1.51. The summed E-state index contributed by atoms with van der Waals surface area (Å²) in [6, 6.07) is -3.32. The predicted molar refractivity (Wildman–Crippen MR) is 154 cm³/mol. The van der Waals surface area contributed by atoms with Crippen molar-refractivity contribution in [1.82, 2.24) is 5.32 Å². The molecule has 0 bridgehead atoms. The zero-order valence-electron chi connectivity index (χ0n) is 25.4. The quantitative estimate of drug-likeness (QED) is 0.0825. The van der Waals surface area contributed by atoms with Crippen molar-refractivity contribution in [2.45, 2.75) is 137 Å². The minimum absolute atomic E-state index is 0.0441. The molecule has 18 heteroatoms. The summed E-state index contributed by atoms with van der Waals surface area (Å²) in [7, 11) is 0. The minimum atomic E-state index is -1.54. The van der Waals surface area contributed by atoms with Gasteiger partial charge in [-0.1, -0.05) is 13.3 Å². The van der Waals surface area contributed by atoms with E-state index in [1.54, 1.807) is 0 Å². The van der Waals surface area contributed by atoms with Crippen LogP contribution < -0.4 is 34.0 Å². The summed E-state index contributed by atoms with van der Waals surface area (Å²) in [4.78, 5) is 11.1. The number of aliphatic hydroxyl groups is 5. The van der Waals surface area contributed by atoms with Crippen LogP contribution in [-0.4, -0.2) is 156 Å². The summed E-state index contributed by atoms with van der Waals surface area (Å²) in [6.07, 6.45) is -12.5. The van der Waals surface area contributed by atoms with Crippen molar-refractivity contribution < 1.29 is 58.7 Å². The van der Waals surface area contributed by atoms with Gasteiger partial charge in [-0.25, -0.2) is 0 Å². The molecule has 3 saturated heterocycles. The van der Waals surface area contributed by atoms with Gasteiger partial charge in [0.05, 0.1) is 30.9 Å². The van der Waals surface area contributed by atoms with E-state index in [0.29, 0.717) is 12.8 Å². The monoisotopic (exact) mass is 652 g/mol. The van der Waals surface area contributed by atoms with Gasteiger partial charge in [-0.3, -0.25) is 4.79 Å².